The molecule has 1 aromatic rings. The molecule has 98 valence electrons. The van der Waals surface area contributed by atoms with Gasteiger partial charge in [0.2, 0.25) is 5.91 Å². The fraction of sp³-hybridized carbons (Fsp3) is 0.273. The molecule has 0 atom stereocenters. The number of halogens is 1. The lowest BCUT2D eigenvalue weighted by molar-refractivity contribution is -0.115. The molecule has 0 fully saturated rings. The van der Waals surface area contributed by atoms with E-state index < -0.39 is 11.9 Å². The lowest BCUT2D eigenvalue weighted by Crippen LogP contribution is -2.31. The summed E-state index contributed by atoms with van der Waals surface area (Å²) in [5.41, 5.74) is 4.87. The van der Waals surface area contributed by atoms with E-state index in [1.165, 1.54) is 18.2 Å². The van der Waals surface area contributed by atoms with Gasteiger partial charge in [0, 0.05) is 6.54 Å². The van der Waals surface area contributed by atoms with E-state index >= 15 is 0 Å². The quantitative estimate of drug-likeness (QED) is 0.643. The predicted octanol–water partition coefficient (Wildman–Crippen LogP) is 0.449. The number of nitrogens with one attached hydrogen (secondary N) is 2. The second kappa shape index (κ2) is 7.23. The normalized spacial score (nSPS) is 9.83. The maximum atomic E-state index is 13.2. The highest BCUT2D eigenvalue weighted by Gasteiger charge is 2.05. The van der Waals surface area contributed by atoms with Gasteiger partial charge in [0.15, 0.2) is 0 Å². The van der Waals surface area contributed by atoms with Crippen LogP contribution in [0.2, 0.25) is 0 Å². The first-order valence-corrected chi connectivity index (χ1v) is 5.27. The molecule has 1 rings (SSSR count). The van der Waals surface area contributed by atoms with Gasteiger partial charge in [-0.2, -0.15) is 0 Å². The molecular formula is C11H14FN3O3. The minimum absolute atomic E-state index is 0.0174. The van der Waals surface area contributed by atoms with Crippen molar-refractivity contribution in [2.24, 2.45) is 5.73 Å². The Morgan fingerprint density at radius 3 is 2.72 bits per heavy atom. The van der Waals surface area contributed by atoms with Crippen molar-refractivity contribution in [2.45, 2.75) is 0 Å². The molecule has 0 unspecified atom stereocenters. The summed E-state index contributed by atoms with van der Waals surface area (Å²) in [4.78, 5) is 21.6. The Labute approximate surface area is 103 Å². The predicted molar refractivity (Wildman–Crippen MR) is 63.4 cm³/mol. The standard InChI is InChI=1S/C11H14FN3O3/c12-8-3-1-2-4-9(8)15-10(16)7-14-5-6-18-11(13)17/h1-4,14H,5-7H2,(H2,13,17)(H,15,16). The van der Waals surface area contributed by atoms with E-state index in [0.717, 1.165) is 0 Å². The Morgan fingerprint density at radius 2 is 2.06 bits per heavy atom. The maximum absolute atomic E-state index is 13.2. The van der Waals surface area contributed by atoms with Crippen molar-refractivity contribution in [1.82, 2.24) is 5.32 Å². The van der Waals surface area contributed by atoms with Crippen molar-refractivity contribution in [3.63, 3.8) is 0 Å². The first-order chi connectivity index (χ1) is 8.59. The van der Waals surface area contributed by atoms with Gasteiger partial charge in [0.25, 0.3) is 0 Å². The van der Waals surface area contributed by atoms with E-state index in [0.29, 0.717) is 0 Å². The van der Waals surface area contributed by atoms with E-state index in [1.807, 2.05) is 0 Å². The highest BCUT2D eigenvalue weighted by molar-refractivity contribution is 5.92. The third-order valence-electron chi connectivity index (χ3n) is 1.96. The molecule has 0 heterocycles. The fourth-order valence-electron chi connectivity index (χ4n) is 1.18. The number of nitrogens with two attached hydrogens (primary N) is 1. The molecule has 2 amide bonds. The van der Waals surface area contributed by atoms with Crippen LogP contribution < -0.4 is 16.4 Å². The van der Waals surface area contributed by atoms with Crippen LogP contribution in [0.3, 0.4) is 0 Å². The van der Waals surface area contributed by atoms with Crippen LogP contribution in [0.4, 0.5) is 14.9 Å². The first-order valence-electron chi connectivity index (χ1n) is 5.27. The molecule has 0 spiro atoms. The molecule has 0 bridgehead atoms. The summed E-state index contributed by atoms with van der Waals surface area (Å²) < 4.78 is 17.6. The van der Waals surface area contributed by atoms with Crippen molar-refractivity contribution >= 4 is 17.7 Å². The molecule has 0 aliphatic rings. The number of carbonyl (C=O) groups excluding carboxylic acids is 2. The number of para-hydroxylation sites is 1. The van der Waals surface area contributed by atoms with Crippen molar-refractivity contribution in [2.75, 3.05) is 25.0 Å². The van der Waals surface area contributed by atoms with Crippen LogP contribution in [0.5, 0.6) is 0 Å². The van der Waals surface area contributed by atoms with Crippen molar-refractivity contribution in [1.29, 1.82) is 0 Å². The van der Waals surface area contributed by atoms with Gasteiger partial charge in [0.05, 0.1) is 12.2 Å². The van der Waals surface area contributed by atoms with Crippen LogP contribution in [-0.2, 0) is 9.53 Å². The highest BCUT2D eigenvalue weighted by atomic mass is 19.1. The van der Waals surface area contributed by atoms with Crippen molar-refractivity contribution < 1.29 is 18.7 Å². The van der Waals surface area contributed by atoms with Crippen LogP contribution in [0.1, 0.15) is 0 Å². The van der Waals surface area contributed by atoms with E-state index in [4.69, 9.17) is 5.73 Å². The van der Waals surface area contributed by atoms with E-state index in [2.05, 4.69) is 15.4 Å². The molecule has 18 heavy (non-hydrogen) atoms. The highest BCUT2D eigenvalue weighted by Crippen LogP contribution is 2.11. The molecule has 1 aromatic carbocycles. The van der Waals surface area contributed by atoms with Gasteiger partial charge < -0.3 is 21.1 Å². The average molecular weight is 255 g/mol. The molecule has 0 saturated heterocycles. The molecule has 0 saturated carbocycles. The fourth-order valence-corrected chi connectivity index (χ4v) is 1.18. The summed E-state index contributed by atoms with van der Waals surface area (Å²) in [6.45, 7) is 0.340. The lowest BCUT2D eigenvalue weighted by atomic mass is 10.3. The zero-order valence-corrected chi connectivity index (χ0v) is 9.61. The summed E-state index contributed by atoms with van der Waals surface area (Å²) in [5, 5.41) is 5.11. The number of carbonyl (C=O) groups is 2. The molecule has 0 aliphatic carbocycles. The van der Waals surface area contributed by atoms with Crippen LogP contribution in [0, 0.1) is 5.82 Å². The summed E-state index contributed by atoms with van der Waals surface area (Å²) in [7, 11) is 0. The molecule has 0 radical (unpaired) electrons. The third-order valence-corrected chi connectivity index (χ3v) is 1.96. The Balaban J connectivity index is 2.22. The number of rotatable bonds is 6. The lowest BCUT2D eigenvalue weighted by Gasteiger charge is -2.07. The Kier molecular flexibility index (Phi) is 5.59. The van der Waals surface area contributed by atoms with Crippen molar-refractivity contribution in [3.8, 4) is 0 Å². The van der Waals surface area contributed by atoms with Gasteiger partial charge in [-0.1, -0.05) is 12.1 Å². The minimum atomic E-state index is -0.868. The molecule has 6 nitrogen and oxygen atoms in total. The van der Waals surface area contributed by atoms with Gasteiger partial charge >= 0.3 is 6.09 Å². The van der Waals surface area contributed by atoms with E-state index in [9.17, 15) is 14.0 Å². The number of hydrogen-bond donors (Lipinski definition) is 3. The molecular weight excluding hydrogens is 241 g/mol. The van der Waals surface area contributed by atoms with Crippen LogP contribution in [0.25, 0.3) is 0 Å². The first kappa shape index (κ1) is 13.9. The SMILES string of the molecule is NC(=O)OCCNCC(=O)Nc1ccccc1F. The molecule has 7 heteroatoms. The Hall–Kier alpha value is -2.15. The van der Waals surface area contributed by atoms with E-state index in [1.54, 1.807) is 6.07 Å². The summed E-state index contributed by atoms with van der Waals surface area (Å²) >= 11 is 0. The number of benzene rings is 1. The third kappa shape index (κ3) is 5.26. The topological polar surface area (TPSA) is 93.5 Å². The Morgan fingerprint density at radius 1 is 1.33 bits per heavy atom. The van der Waals surface area contributed by atoms with Crippen LogP contribution in [0.15, 0.2) is 24.3 Å². The molecule has 0 aromatic heterocycles. The number of primary amides is 1. The van der Waals surface area contributed by atoms with Gasteiger partial charge in [-0.05, 0) is 12.1 Å². The average Bonchev–Trinajstić information content (AvgIpc) is 2.31. The number of amides is 2. The van der Waals surface area contributed by atoms with E-state index in [-0.39, 0.29) is 31.3 Å². The van der Waals surface area contributed by atoms with Gasteiger partial charge in [-0.15, -0.1) is 0 Å². The minimum Gasteiger partial charge on any atom is -0.448 e. The molecule has 4 N–H and O–H groups in total. The van der Waals surface area contributed by atoms with Gasteiger partial charge in [-0.3, -0.25) is 4.79 Å². The smallest absolute Gasteiger partial charge is 0.404 e. The second-order valence-electron chi connectivity index (χ2n) is 3.37. The number of anilines is 1. The number of ether oxygens (including phenoxy) is 1. The summed E-state index contributed by atoms with van der Waals surface area (Å²) in [5.74, 6) is -0.887. The monoisotopic (exact) mass is 255 g/mol. The van der Waals surface area contributed by atoms with Crippen LogP contribution in [-0.4, -0.2) is 31.7 Å². The summed E-state index contributed by atoms with van der Waals surface area (Å²) in [6, 6.07) is 5.87. The van der Waals surface area contributed by atoms with Gasteiger partial charge in [-0.25, -0.2) is 9.18 Å². The second-order valence-corrected chi connectivity index (χ2v) is 3.37. The Bertz CT molecular complexity index is 426. The number of hydrogen-bond acceptors (Lipinski definition) is 4. The molecule has 0 aliphatic heterocycles. The summed E-state index contributed by atoms with van der Waals surface area (Å²) in [6.07, 6.45) is -0.868. The van der Waals surface area contributed by atoms with Crippen LogP contribution >= 0.6 is 0 Å². The van der Waals surface area contributed by atoms with Gasteiger partial charge in [0.1, 0.15) is 12.4 Å². The van der Waals surface area contributed by atoms with Crippen molar-refractivity contribution in [3.05, 3.63) is 30.1 Å². The largest absolute Gasteiger partial charge is 0.448 e. The zero-order valence-electron chi connectivity index (χ0n) is 9.61. The maximum Gasteiger partial charge on any atom is 0.404 e. The zero-order chi connectivity index (χ0) is 13.4.